The normalized spacial score (nSPS) is 11.2. The number of carbonyl (C=O) groups excluding carboxylic acids is 1. The standard InChI is InChI=1S/C11H15NO2S/c1-11(2,3)14-10(13)7-4-8(12)6-9(15)5-7/h4-6,15H,12H2,1-3H3. The van der Waals surface area contributed by atoms with E-state index in [1.165, 1.54) is 0 Å². The largest absolute Gasteiger partial charge is 0.456 e. The summed E-state index contributed by atoms with van der Waals surface area (Å²) in [5.41, 5.74) is 6.03. The van der Waals surface area contributed by atoms with Gasteiger partial charge in [0.1, 0.15) is 5.60 Å². The number of nitrogens with two attached hydrogens (primary N) is 1. The monoisotopic (exact) mass is 225 g/mol. The van der Waals surface area contributed by atoms with E-state index >= 15 is 0 Å². The zero-order valence-electron chi connectivity index (χ0n) is 9.07. The van der Waals surface area contributed by atoms with Crippen molar-refractivity contribution < 1.29 is 9.53 Å². The maximum Gasteiger partial charge on any atom is 0.338 e. The van der Waals surface area contributed by atoms with E-state index < -0.39 is 5.60 Å². The third-order valence-electron chi connectivity index (χ3n) is 1.57. The van der Waals surface area contributed by atoms with E-state index in [1.54, 1.807) is 18.2 Å². The Morgan fingerprint density at radius 2 is 1.93 bits per heavy atom. The molecule has 82 valence electrons. The highest BCUT2D eigenvalue weighted by Crippen LogP contribution is 2.18. The second-order valence-electron chi connectivity index (χ2n) is 4.32. The van der Waals surface area contributed by atoms with Gasteiger partial charge in [0.25, 0.3) is 0 Å². The molecule has 0 aromatic heterocycles. The second-order valence-corrected chi connectivity index (χ2v) is 4.83. The van der Waals surface area contributed by atoms with Gasteiger partial charge in [0.15, 0.2) is 0 Å². The van der Waals surface area contributed by atoms with Crippen LogP contribution in [0.1, 0.15) is 31.1 Å². The van der Waals surface area contributed by atoms with E-state index in [-0.39, 0.29) is 5.97 Å². The summed E-state index contributed by atoms with van der Waals surface area (Å²) in [6.07, 6.45) is 0. The predicted molar refractivity (Wildman–Crippen MR) is 63.3 cm³/mol. The van der Waals surface area contributed by atoms with Crippen molar-refractivity contribution in [1.29, 1.82) is 0 Å². The van der Waals surface area contributed by atoms with E-state index in [9.17, 15) is 4.79 Å². The van der Waals surface area contributed by atoms with Crippen LogP contribution >= 0.6 is 12.6 Å². The van der Waals surface area contributed by atoms with E-state index in [2.05, 4.69) is 12.6 Å². The maximum absolute atomic E-state index is 11.7. The van der Waals surface area contributed by atoms with Crippen LogP contribution in [-0.2, 0) is 4.74 Å². The van der Waals surface area contributed by atoms with Gasteiger partial charge in [0, 0.05) is 10.6 Å². The number of esters is 1. The van der Waals surface area contributed by atoms with Crippen molar-refractivity contribution in [3.05, 3.63) is 23.8 Å². The average Bonchev–Trinajstić information content (AvgIpc) is 1.98. The fourth-order valence-corrected chi connectivity index (χ4v) is 1.38. The summed E-state index contributed by atoms with van der Waals surface area (Å²) >= 11 is 4.14. The van der Waals surface area contributed by atoms with Crippen molar-refractivity contribution in [2.45, 2.75) is 31.3 Å². The Bertz CT molecular complexity index is 362. The highest BCUT2D eigenvalue weighted by atomic mass is 32.1. The number of nitrogen functional groups attached to an aromatic ring is 1. The number of benzene rings is 1. The summed E-state index contributed by atoms with van der Waals surface area (Å²) in [7, 11) is 0. The Morgan fingerprint density at radius 1 is 1.33 bits per heavy atom. The van der Waals surface area contributed by atoms with Crippen LogP contribution in [-0.4, -0.2) is 11.6 Å². The first-order valence-corrected chi connectivity index (χ1v) is 5.05. The molecule has 1 aromatic carbocycles. The molecule has 1 rings (SSSR count). The van der Waals surface area contributed by atoms with Gasteiger partial charge in [-0.15, -0.1) is 12.6 Å². The minimum Gasteiger partial charge on any atom is -0.456 e. The summed E-state index contributed by atoms with van der Waals surface area (Å²) in [4.78, 5) is 12.3. The third-order valence-corrected chi connectivity index (χ3v) is 1.83. The zero-order valence-corrected chi connectivity index (χ0v) is 9.97. The Kier molecular flexibility index (Phi) is 3.29. The minimum absolute atomic E-state index is 0.384. The topological polar surface area (TPSA) is 52.3 Å². The van der Waals surface area contributed by atoms with Crippen molar-refractivity contribution in [2.24, 2.45) is 0 Å². The molecule has 0 aliphatic carbocycles. The summed E-state index contributed by atoms with van der Waals surface area (Å²) in [5.74, 6) is -0.384. The molecule has 0 spiro atoms. The lowest BCUT2D eigenvalue weighted by Crippen LogP contribution is -2.23. The lowest BCUT2D eigenvalue weighted by molar-refractivity contribution is 0.00693. The van der Waals surface area contributed by atoms with Gasteiger partial charge in [-0.1, -0.05) is 0 Å². The highest BCUT2D eigenvalue weighted by Gasteiger charge is 2.18. The number of hydrogen-bond acceptors (Lipinski definition) is 4. The Hall–Kier alpha value is -1.16. The number of anilines is 1. The molecule has 15 heavy (non-hydrogen) atoms. The fraction of sp³-hybridized carbons (Fsp3) is 0.364. The summed E-state index contributed by atoms with van der Waals surface area (Å²) in [6.45, 7) is 5.45. The van der Waals surface area contributed by atoms with Gasteiger partial charge >= 0.3 is 5.97 Å². The van der Waals surface area contributed by atoms with Crippen LogP contribution in [0.5, 0.6) is 0 Å². The smallest absolute Gasteiger partial charge is 0.338 e. The van der Waals surface area contributed by atoms with Gasteiger partial charge in [-0.3, -0.25) is 0 Å². The molecule has 4 heteroatoms. The minimum atomic E-state index is -0.502. The number of carbonyl (C=O) groups is 1. The van der Waals surface area contributed by atoms with Crippen molar-refractivity contribution in [1.82, 2.24) is 0 Å². The first kappa shape index (κ1) is 11.9. The molecule has 0 saturated carbocycles. The van der Waals surface area contributed by atoms with Crippen LogP contribution in [0.15, 0.2) is 23.1 Å². The molecule has 0 bridgehead atoms. The van der Waals surface area contributed by atoms with E-state index in [4.69, 9.17) is 10.5 Å². The van der Waals surface area contributed by atoms with Crippen LogP contribution in [0.25, 0.3) is 0 Å². The highest BCUT2D eigenvalue weighted by molar-refractivity contribution is 7.80. The van der Waals surface area contributed by atoms with E-state index in [0.717, 1.165) is 0 Å². The number of ether oxygens (including phenoxy) is 1. The van der Waals surface area contributed by atoms with Gasteiger partial charge in [-0.25, -0.2) is 4.79 Å². The van der Waals surface area contributed by atoms with Crippen molar-refractivity contribution in [3.8, 4) is 0 Å². The van der Waals surface area contributed by atoms with Gasteiger partial charge in [0.05, 0.1) is 5.56 Å². The Balaban J connectivity index is 2.92. The number of hydrogen-bond donors (Lipinski definition) is 2. The quantitative estimate of drug-likeness (QED) is 0.438. The third kappa shape index (κ3) is 3.83. The van der Waals surface area contributed by atoms with Crippen LogP contribution in [0, 0.1) is 0 Å². The first-order valence-electron chi connectivity index (χ1n) is 4.61. The van der Waals surface area contributed by atoms with Crippen LogP contribution in [0.4, 0.5) is 5.69 Å². The number of thiol groups is 1. The van der Waals surface area contributed by atoms with E-state index in [1.807, 2.05) is 20.8 Å². The van der Waals surface area contributed by atoms with Crippen molar-refractivity contribution in [3.63, 3.8) is 0 Å². The molecule has 2 N–H and O–H groups in total. The lowest BCUT2D eigenvalue weighted by Gasteiger charge is -2.19. The SMILES string of the molecule is CC(C)(C)OC(=O)c1cc(N)cc(S)c1. The molecule has 0 fully saturated rings. The second kappa shape index (κ2) is 4.14. The summed E-state index contributed by atoms with van der Waals surface area (Å²) < 4.78 is 5.21. The summed E-state index contributed by atoms with van der Waals surface area (Å²) in [5, 5.41) is 0. The molecule has 0 heterocycles. The van der Waals surface area contributed by atoms with E-state index in [0.29, 0.717) is 16.1 Å². The lowest BCUT2D eigenvalue weighted by atomic mass is 10.1. The molecule has 0 unspecified atom stereocenters. The van der Waals surface area contributed by atoms with Gasteiger partial charge in [-0.05, 0) is 39.0 Å². The molecule has 3 nitrogen and oxygen atoms in total. The molecular formula is C11H15NO2S. The molecule has 1 aromatic rings. The molecule has 0 amide bonds. The molecule has 0 aliphatic heterocycles. The van der Waals surface area contributed by atoms with Crippen molar-refractivity contribution >= 4 is 24.3 Å². The Labute approximate surface area is 95.0 Å². The van der Waals surface area contributed by atoms with Gasteiger partial charge < -0.3 is 10.5 Å². The zero-order chi connectivity index (χ0) is 11.6. The number of rotatable bonds is 1. The Morgan fingerprint density at radius 3 is 2.40 bits per heavy atom. The van der Waals surface area contributed by atoms with Gasteiger partial charge in [0.2, 0.25) is 0 Å². The molecule has 0 radical (unpaired) electrons. The molecule has 0 atom stereocenters. The van der Waals surface area contributed by atoms with Crippen LogP contribution < -0.4 is 5.73 Å². The van der Waals surface area contributed by atoms with Crippen molar-refractivity contribution in [2.75, 3.05) is 5.73 Å². The first-order chi connectivity index (χ1) is 6.78. The molecule has 0 saturated heterocycles. The predicted octanol–water partition coefficient (Wildman–Crippen LogP) is 2.51. The molecule has 0 aliphatic rings. The molecular weight excluding hydrogens is 210 g/mol. The van der Waals surface area contributed by atoms with Crippen LogP contribution in [0.3, 0.4) is 0 Å². The van der Waals surface area contributed by atoms with Gasteiger partial charge in [-0.2, -0.15) is 0 Å². The maximum atomic E-state index is 11.7. The average molecular weight is 225 g/mol. The van der Waals surface area contributed by atoms with Crippen LogP contribution in [0.2, 0.25) is 0 Å². The fourth-order valence-electron chi connectivity index (χ4n) is 1.09. The summed E-state index contributed by atoms with van der Waals surface area (Å²) in [6, 6.07) is 4.89.